The summed E-state index contributed by atoms with van der Waals surface area (Å²) in [7, 11) is 1.71. The molecule has 0 amide bonds. The van der Waals surface area contributed by atoms with E-state index in [9.17, 15) is 0 Å². The van der Waals surface area contributed by atoms with Gasteiger partial charge in [-0.05, 0) is 25.1 Å². The Morgan fingerprint density at radius 2 is 1.84 bits per heavy atom. The van der Waals surface area contributed by atoms with E-state index < -0.39 is 0 Å². The number of thiazole rings is 1. The highest BCUT2D eigenvalue weighted by Gasteiger charge is 2.10. The Morgan fingerprint density at radius 3 is 2.62 bits per heavy atom. The van der Waals surface area contributed by atoms with E-state index in [1.165, 1.54) is 11.2 Å². The van der Waals surface area contributed by atoms with Crippen LogP contribution in [0.15, 0.2) is 72.5 Å². The molecule has 5 aromatic rings. The molecule has 5 rings (SSSR count). The van der Waals surface area contributed by atoms with Gasteiger partial charge in [-0.15, -0.1) is 11.3 Å². The first kappa shape index (κ1) is 20.2. The van der Waals surface area contributed by atoms with Crippen molar-refractivity contribution < 1.29 is 4.74 Å². The van der Waals surface area contributed by atoms with Crippen LogP contribution in [0.1, 0.15) is 5.69 Å². The Labute approximate surface area is 190 Å². The Balaban J connectivity index is 1.29. The summed E-state index contributed by atoms with van der Waals surface area (Å²) in [5.74, 6) is 1.71. The fourth-order valence-corrected chi connectivity index (χ4v) is 4.57. The number of aromatic nitrogens is 4. The van der Waals surface area contributed by atoms with E-state index in [0.717, 1.165) is 51.9 Å². The Morgan fingerprint density at radius 1 is 1.00 bits per heavy atom. The lowest BCUT2D eigenvalue weighted by molar-refractivity contribution is 0.420. The molecule has 0 bridgehead atoms. The van der Waals surface area contributed by atoms with Crippen LogP contribution in [-0.2, 0) is 6.54 Å². The van der Waals surface area contributed by atoms with Gasteiger partial charge in [0.15, 0.2) is 0 Å². The van der Waals surface area contributed by atoms with Gasteiger partial charge >= 0.3 is 0 Å². The van der Waals surface area contributed by atoms with Crippen molar-refractivity contribution in [3.05, 3.63) is 78.2 Å². The first-order valence-electron chi connectivity index (χ1n) is 10.4. The van der Waals surface area contributed by atoms with Crippen LogP contribution in [0.2, 0.25) is 0 Å². The van der Waals surface area contributed by atoms with Crippen LogP contribution in [0.5, 0.6) is 5.75 Å². The summed E-state index contributed by atoms with van der Waals surface area (Å²) in [4.78, 5) is 13.2. The van der Waals surface area contributed by atoms with Crippen LogP contribution in [-0.4, -0.2) is 33.2 Å². The van der Waals surface area contributed by atoms with Crippen LogP contribution in [0.25, 0.3) is 32.7 Å². The lowest BCUT2D eigenvalue weighted by Crippen LogP contribution is -2.12. The second-order valence-corrected chi connectivity index (χ2v) is 8.35. The van der Waals surface area contributed by atoms with Crippen LogP contribution in [0.3, 0.4) is 0 Å². The molecule has 0 atom stereocenters. The van der Waals surface area contributed by atoms with Gasteiger partial charge in [0.2, 0.25) is 0 Å². The van der Waals surface area contributed by atoms with Gasteiger partial charge in [-0.2, -0.15) is 0 Å². The van der Waals surface area contributed by atoms with Gasteiger partial charge in [0.25, 0.3) is 0 Å². The molecule has 0 aliphatic heterocycles. The van der Waals surface area contributed by atoms with E-state index >= 15 is 0 Å². The molecule has 0 saturated heterocycles. The van der Waals surface area contributed by atoms with Crippen molar-refractivity contribution in [2.24, 2.45) is 0 Å². The third-order valence-electron chi connectivity index (χ3n) is 5.50. The molecule has 6 nitrogen and oxygen atoms in total. The number of nitrogens with one attached hydrogen (secondary N) is 1. The number of aryl methyl sites for hydroxylation is 1. The number of anilines is 1. The van der Waals surface area contributed by atoms with Crippen molar-refractivity contribution in [1.29, 1.82) is 0 Å². The average molecular weight is 442 g/mol. The predicted molar refractivity (Wildman–Crippen MR) is 130 cm³/mol. The third-order valence-corrected chi connectivity index (χ3v) is 6.32. The van der Waals surface area contributed by atoms with Crippen molar-refractivity contribution in [2.45, 2.75) is 13.5 Å². The molecule has 2 aromatic carbocycles. The summed E-state index contributed by atoms with van der Waals surface area (Å²) < 4.78 is 7.80. The zero-order valence-corrected chi connectivity index (χ0v) is 18.8. The molecular formula is C25H23N5OS. The van der Waals surface area contributed by atoms with E-state index in [1.54, 1.807) is 24.8 Å². The molecular weight excluding hydrogens is 418 g/mol. The summed E-state index contributed by atoms with van der Waals surface area (Å²) in [6.45, 7) is 3.70. The second-order valence-electron chi connectivity index (χ2n) is 7.46. The largest absolute Gasteiger partial charge is 0.496 e. The second kappa shape index (κ2) is 8.80. The molecule has 7 heteroatoms. The maximum atomic E-state index is 5.50. The molecule has 0 unspecified atom stereocenters. The van der Waals surface area contributed by atoms with E-state index in [-0.39, 0.29) is 0 Å². The van der Waals surface area contributed by atoms with Crippen LogP contribution in [0, 0.1) is 6.92 Å². The normalized spacial score (nSPS) is 11.1. The maximum absolute atomic E-state index is 5.50. The van der Waals surface area contributed by atoms with Crippen LogP contribution < -0.4 is 10.1 Å². The number of hydrogen-bond acceptors (Lipinski definition) is 6. The topological polar surface area (TPSA) is 64.9 Å². The molecule has 160 valence electrons. The summed E-state index contributed by atoms with van der Waals surface area (Å²) in [5, 5.41) is 7.58. The summed E-state index contributed by atoms with van der Waals surface area (Å²) in [6.07, 6.45) is 3.43. The van der Waals surface area contributed by atoms with Crippen molar-refractivity contribution in [3.63, 3.8) is 0 Å². The standard InChI is InChI=1S/C25H23N5OS/c1-17-14-20-22(4-3-5-23(20)31-2)30(17)12-10-26-24-15-21(28-16-29-24)18-6-8-19(9-7-18)25-27-11-13-32-25/h3-9,11,13-16H,10,12H2,1-2H3,(H,26,28,29). The monoisotopic (exact) mass is 441 g/mol. The minimum Gasteiger partial charge on any atom is -0.496 e. The van der Waals surface area contributed by atoms with Crippen molar-refractivity contribution in [3.8, 4) is 27.6 Å². The average Bonchev–Trinajstić information content (AvgIpc) is 3.48. The molecule has 32 heavy (non-hydrogen) atoms. The third kappa shape index (κ3) is 3.94. The first-order valence-corrected chi connectivity index (χ1v) is 11.3. The number of ether oxygens (including phenoxy) is 1. The number of benzene rings is 2. The molecule has 3 aromatic heterocycles. The van der Waals surface area contributed by atoms with Gasteiger partial charge in [0.1, 0.15) is 22.9 Å². The molecule has 3 heterocycles. The Kier molecular flexibility index (Phi) is 5.56. The van der Waals surface area contributed by atoms with Gasteiger partial charge in [0.05, 0.1) is 18.3 Å². The summed E-state index contributed by atoms with van der Waals surface area (Å²) in [6, 6.07) is 18.6. The van der Waals surface area contributed by atoms with Gasteiger partial charge in [-0.3, -0.25) is 0 Å². The van der Waals surface area contributed by atoms with Gasteiger partial charge in [-0.1, -0.05) is 30.3 Å². The molecule has 0 fully saturated rings. The zero-order chi connectivity index (χ0) is 21.9. The number of methoxy groups -OCH3 is 1. The highest BCUT2D eigenvalue weighted by Crippen LogP contribution is 2.29. The fraction of sp³-hybridized carbons (Fsp3) is 0.160. The SMILES string of the molecule is COc1cccc2c1cc(C)n2CCNc1cc(-c2ccc(-c3nccs3)cc2)ncn1. The predicted octanol–water partition coefficient (Wildman–Crippen LogP) is 5.65. The van der Waals surface area contributed by atoms with Gasteiger partial charge in [0, 0.05) is 52.9 Å². The van der Waals surface area contributed by atoms with Gasteiger partial charge < -0.3 is 14.6 Å². The van der Waals surface area contributed by atoms with Crippen molar-refractivity contribution >= 4 is 28.1 Å². The lowest BCUT2D eigenvalue weighted by atomic mass is 10.1. The molecule has 0 spiro atoms. The van der Waals surface area contributed by atoms with Crippen LogP contribution >= 0.6 is 11.3 Å². The highest BCUT2D eigenvalue weighted by molar-refractivity contribution is 7.13. The smallest absolute Gasteiger partial charge is 0.130 e. The zero-order valence-electron chi connectivity index (χ0n) is 17.9. The lowest BCUT2D eigenvalue weighted by Gasteiger charge is -2.11. The maximum Gasteiger partial charge on any atom is 0.130 e. The molecule has 1 N–H and O–H groups in total. The molecule has 0 aliphatic rings. The van der Waals surface area contributed by atoms with E-state index in [2.05, 4.69) is 68.2 Å². The molecule has 0 radical (unpaired) electrons. The molecule has 0 saturated carbocycles. The van der Waals surface area contributed by atoms with Crippen molar-refractivity contribution in [1.82, 2.24) is 19.5 Å². The first-order chi connectivity index (χ1) is 15.7. The Hall–Kier alpha value is -3.71. The number of nitrogens with zero attached hydrogens (tertiary/aromatic N) is 4. The van der Waals surface area contributed by atoms with Crippen LogP contribution in [0.4, 0.5) is 5.82 Å². The minimum absolute atomic E-state index is 0.751. The number of fused-ring (bicyclic) bond motifs is 1. The number of hydrogen-bond donors (Lipinski definition) is 1. The van der Waals surface area contributed by atoms with Gasteiger partial charge in [-0.25, -0.2) is 15.0 Å². The fourth-order valence-electron chi connectivity index (χ4n) is 3.92. The van der Waals surface area contributed by atoms with E-state index in [4.69, 9.17) is 4.74 Å². The van der Waals surface area contributed by atoms with E-state index in [0.29, 0.717) is 0 Å². The highest BCUT2D eigenvalue weighted by atomic mass is 32.1. The summed E-state index contributed by atoms with van der Waals surface area (Å²) >= 11 is 1.64. The number of rotatable bonds is 7. The van der Waals surface area contributed by atoms with Crippen molar-refractivity contribution in [2.75, 3.05) is 19.0 Å². The van der Waals surface area contributed by atoms with E-state index in [1.807, 2.05) is 29.8 Å². The summed E-state index contributed by atoms with van der Waals surface area (Å²) in [5.41, 5.74) is 5.43. The molecule has 0 aliphatic carbocycles. The Bertz CT molecular complexity index is 1340. The minimum atomic E-state index is 0.751. The quantitative estimate of drug-likeness (QED) is 0.353.